The highest BCUT2D eigenvalue weighted by molar-refractivity contribution is 5.54. The molecule has 0 bridgehead atoms. The number of rotatable bonds is 3. The van der Waals surface area contributed by atoms with Crippen molar-refractivity contribution in [2.24, 2.45) is 0 Å². The van der Waals surface area contributed by atoms with Gasteiger partial charge in [-0.2, -0.15) is 14.0 Å². The molecule has 0 aliphatic heterocycles. The molecule has 22 heavy (non-hydrogen) atoms. The van der Waals surface area contributed by atoms with Gasteiger partial charge in [-0.05, 0) is 19.1 Å². The lowest BCUT2D eigenvalue weighted by Crippen LogP contribution is -2.04. The maximum absolute atomic E-state index is 13.9. The Morgan fingerprint density at radius 1 is 1.00 bits per heavy atom. The summed E-state index contributed by atoms with van der Waals surface area (Å²) < 4.78 is 60.3. The predicted molar refractivity (Wildman–Crippen MR) is 72.2 cm³/mol. The molecule has 0 aromatic heterocycles. The minimum atomic E-state index is -1.67. The van der Waals surface area contributed by atoms with Crippen LogP contribution in [0, 0.1) is 34.6 Å². The van der Waals surface area contributed by atoms with Gasteiger partial charge in [-0.1, -0.05) is 24.3 Å². The van der Waals surface area contributed by atoms with E-state index in [0.717, 1.165) is 6.08 Å². The van der Waals surface area contributed by atoms with Crippen molar-refractivity contribution in [3.05, 3.63) is 64.7 Å². The summed E-state index contributed by atoms with van der Waals surface area (Å²) >= 11 is 0. The topological polar surface area (TPSA) is 33.0 Å². The molecule has 112 valence electrons. The maximum atomic E-state index is 13.9. The zero-order valence-electron chi connectivity index (χ0n) is 11.3. The van der Waals surface area contributed by atoms with E-state index < -0.39 is 34.6 Å². The van der Waals surface area contributed by atoms with Crippen LogP contribution < -0.4 is 4.74 Å². The molecule has 0 aliphatic rings. The van der Waals surface area contributed by atoms with E-state index in [1.54, 1.807) is 6.07 Å². The molecule has 2 aromatic carbocycles. The van der Waals surface area contributed by atoms with Crippen molar-refractivity contribution in [1.29, 1.82) is 5.26 Å². The van der Waals surface area contributed by atoms with E-state index in [2.05, 4.69) is 0 Å². The average Bonchev–Trinajstić information content (AvgIpc) is 2.54. The number of hydrogen-bond acceptors (Lipinski definition) is 2. The van der Waals surface area contributed by atoms with E-state index in [1.165, 1.54) is 37.3 Å². The van der Waals surface area contributed by atoms with E-state index in [1.807, 2.05) is 0 Å². The number of nitrogens with zero attached hydrogens (tertiary/aromatic N) is 1. The first kappa shape index (κ1) is 15.6. The monoisotopic (exact) mass is 307 g/mol. The fourth-order valence-corrected chi connectivity index (χ4v) is 1.79. The van der Waals surface area contributed by atoms with Crippen molar-refractivity contribution in [3.63, 3.8) is 0 Å². The van der Waals surface area contributed by atoms with Crippen molar-refractivity contribution < 1.29 is 22.3 Å². The Bertz CT molecular complexity index is 764. The van der Waals surface area contributed by atoms with Crippen LogP contribution in [-0.4, -0.2) is 0 Å². The van der Waals surface area contributed by atoms with Crippen LogP contribution in [0.25, 0.3) is 6.08 Å². The van der Waals surface area contributed by atoms with E-state index >= 15 is 0 Å². The summed E-state index contributed by atoms with van der Waals surface area (Å²) in [7, 11) is 0. The van der Waals surface area contributed by atoms with E-state index in [9.17, 15) is 17.6 Å². The minimum absolute atomic E-state index is 0.0281. The normalized spacial score (nSPS) is 10.7. The lowest BCUT2D eigenvalue weighted by Gasteiger charge is -2.12. The molecule has 0 heterocycles. The Balaban J connectivity index is 2.60. The van der Waals surface area contributed by atoms with E-state index in [0.29, 0.717) is 0 Å². The van der Waals surface area contributed by atoms with Crippen molar-refractivity contribution in [1.82, 2.24) is 0 Å². The Hall–Kier alpha value is -2.81. The Morgan fingerprint density at radius 2 is 1.59 bits per heavy atom. The second kappa shape index (κ2) is 6.31. The number of nitriles is 1. The molecule has 0 N–H and O–H groups in total. The Kier molecular flexibility index (Phi) is 4.47. The number of hydrogen-bond donors (Lipinski definition) is 0. The Morgan fingerprint density at radius 3 is 2.14 bits per heavy atom. The highest BCUT2D eigenvalue weighted by Crippen LogP contribution is 2.34. The molecular weight excluding hydrogens is 298 g/mol. The molecule has 2 aromatic rings. The molecule has 2 rings (SSSR count). The summed E-state index contributed by atoms with van der Waals surface area (Å²) in [5, 5.41) is 8.88. The van der Waals surface area contributed by atoms with Crippen LogP contribution in [0.4, 0.5) is 17.6 Å². The van der Waals surface area contributed by atoms with Gasteiger partial charge in [-0.3, -0.25) is 0 Å². The SMILES string of the molecule is CC=Cc1c(F)c(F)c(Oc2ccccc2C#N)c(F)c1F. The second-order valence-corrected chi connectivity index (χ2v) is 4.21. The van der Waals surface area contributed by atoms with Crippen molar-refractivity contribution in [3.8, 4) is 17.6 Å². The predicted octanol–water partition coefficient (Wildman–Crippen LogP) is 4.94. The van der Waals surface area contributed by atoms with Gasteiger partial charge in [-0.15, -0.1) is 0 Å². The van der Waals surface area contributed by atoms with Crippen molar-refractivity contribution in [2.45, 2.75) is 6.92 Å². The molecule has 0 saturated heterocycles. The molecular formula is C16H9F4NO. The van der Waals surface area contributed by atoms with Gasteiger partial charge in [0.05, 0.1) is 11.1 Å². The quantitative estimate of drug-likeness (QED) is 0.594. The third kappa shape index (κ3) is 2.66. The van der Waals surface area contributed by atoms with Gasteiger partial charge >= 0.3 is 0 Å². The van der Waals surface area contributed by atoms with Crippen molar-refractivity contribution in [2.75, 3.05) is 0 Å². The van der Waals surface area contributed by atoms with Gasteiger partial charge in [-0.25, -0.2) is 8.78 Å². The summed E-state index contributed by atoms with van der Waals surface area (Å²) in [4.78, 5) is 0. The summed E-state index contributed by atoms with van der Waals surface area (Å²) in [6.45, 7) is 1.45. The highest BCUT2D eigenvalue weighted by Gasteiger charge is 2.26. The molecule has 0 aliphatic carbocycles. The molecule has 0 atom stereocenters. The fraction of sp³-hybridized carbons (Fsp3) is 0.0625. The first-order valence-electron chi connectivity index (χ1n) is 6.16. The zero-order valence-corrected chi connectivity index (χ0v) is 11.3. The van der Waals surface area contributed by atoms with Crippen LogP contribution in [0.15, 0.2) is 30.3 Å². The van der Waals surface area contributed by atoms with Crippen LogP contribution in [-0.2, 0) is 0 Å². The molecule has 0 fully saturated rings. The largest absolute Gasteiger partial charge is 0.450 e. The van der Waals surface area contributed by atoms with Gasteiger partial charge in [0, 0.05) is 0 Å². The first-order valence-corrected chi connectivity index (χ1v) is 6.16. The molecule has 0 radical (unpaired) electrons. The van der Waals surface area contributed by atoms with Gasteiger partial charge in [0.2, 0.25) is 17.4 Å². The standard InChI is InChI=1S/C16H9F4NO/c1-2-5-10-12(17)14(19)16(15(20)13(10)18)22-11-7-4-3-6-9(11)8-21/h2-7H,1H3. The van der Waals surface area contributed by atoms with E-state index in [4.69, 9.17) is 10.00 Å². The first-order chi connectivity index (χ1) is 10.5. The van der Waals surface area contributed by atoms with Crippen molar-refractivity contribution >= 4 is 6.08 Å². The number of allylic oxidation sites excluding steroid dienone is 1. The zero-order chi connectivity index (χ0) is 16.3. The van der Waals surface area contributed by atoms with Gasteiger partial charge in [0.25, 0.3) is 0 Å². The third-order valence-electron chi connectivity index (χ3n) is 2.81. The third-order valence-corrected chi connectivity index (χ3v) is 2.81. The molecule has 6 heteroatoms. The number of ether oxygens (including phenoxy) is 1. The summed E-state index contributed by atoms with van der Waals surface area (Å²) in [5.74, 6) is -7.91. The van der Waals surface area contributed by atoms with Crippen LogP contribution in [0.5, 0.6) is 11.5 Å². The fourth-order valence-electron chi connectivity index (χ4n) is 1.79. The van der Waals surface area contributed by atoms with Crippen LogP contribution in [0.1, 0.15) is 18.1 Å². The summed E-state index contributed by atoms with van der Waals surface area (Å²) in [6.07, 6.45) is 2.15. The lowest BCUT2D eigenvalue weighted by molar-refractivity contribution is 0.364. The second-order valence-electron chi connectivity index (χ2n) is 4.21. The molecule has 2 nitrogen and oxygen atoms in total. The van der Waals surface area contributed by atoms with Gasteiger partial charge in [0.15, 0.2) is 11.6 Å². The van der Waals surface area contributed by atoms with Crippen LogP contribution in [0.3, 0.4) is 0 Å². The maximum Gasteiger partial charge on any atom is 0.205 e. The molecule has 0 spiro atoms. The smallest absolute Gasteiger partial charge is 0.205 e. The molecule has 0 unspecified atom stereocenters. The average molecular weight is 307 g/mol. The Labute approximate surface area is 123 Å². The number of para-hydroxylation sites is 1. The highest BCUT2D eigenvalue weighted by atomic mass is 19.2. The lowest BCUT2D eigenvalue weighted by atomic mass is 10.1. The van der Waals surface area contributed by atoms with E-state index in [-0.39, 0.29) is 11.3 Å². The number of benzene rings is 2. The minimum Gasteiger partial charge on any atom is -0.450 e. The molecule has 0 amide bonds. The van der Waals surface area contributed by atoms with Gasteiger partial charge in [0.1, 0.15) is 11.8 Å². The van der Waals surface area contributed by atoms with Crippen LogP contribution >= 0.6 is 0 Å². The molecule has 0 saturated carbocycles. The van der Waals surface area contributed by atoms with Gasteiger partial charge < -0.3 is 4.74 Å². The summed E-state index contributed by atoms with van der Waals surface area (Å²) in [5.41, 5.74) is -0.863. The number of halogens is 4. The summed E-state index contributed by atoms with van der Waals surface area (Å²) in [6, 6.07) is 7.30. The van der Waals surface area contributed by atoms with Crippen LogP contribution in [0.2, 0.25) is 0 Å².